The molecule has 7 heteroatoms. The second-order valence-corrected chi connectivity index (χ2v) is 5.40. The van der Waals surface area contributed by atoms with Crippen LogP contribution in [0.4, 0.5) is 0 Å². The van der Waals surface area contributed by atoms with Gasteiger partial charge in [0.2, 0.25) is 11.7 Å². The fourth-order valence-corrected chi connectivity index (χ4v) is 2.51. The van der Waals surface area contributed by atoms with E-state index < -0.39 is 0 Å². The van der Waals surface area contributed by atoms with E-state index >= 15 is 0 Å². The van der Waals surface area contributed by atoms with Gasteiger partial charge in [0, 0.05) is 11.4 Å². The van der Waals surface area contributed by atoms with Crippen LogP contribution in [0, 0.1) is 0 Å². The molecular formula is C14H17Cl2N3O2. The van der Waals surface area contributed by atoms with Crippen molar-refractivity contribution >= 4 is 23.2 Å². The molecule has 0 spiro atoms. The van der Waals surface area contributed by atoms with Crippen molar-refractivity contribution in [3.63, 3.8) is 0 Å². The summed E-state index contributed by atoms with van der Waals surface area (Å²) in [7, 11) is 0. The highest BCUT2D eigenvalue weighted by Crippen LogP contribution is 2.33. The molecule has 0 saturated carbocycles. The molecule has 21 heavy (non-hydrogen) atoms. The molecular weight excluding hydrogens is 313 g/mol. The molecule has 0 saturated heterocycles. The van der Waals surface area contributed by atoms with Crippen LogP contribution in [0.3, 0.4) is 0 Å². The lowest BCUT2D eigenvalue weighted by atomic mass is 10.1. The zero-order chi connectivity index (χ0) is 15.2. The highest BCUT2D eigenvalue weighted by molar-refractivity contribution is 6.35. The molecule has 2 N–H and O–H groups in total. The van der Waals surface area contributed by atoms with Gasteiger partial charge in [-0.05, 0) is 37.1 Å². The van der Waals surface area contributed by atoms with Crippen LogP contribution in [0.25, 0.3) is 0 Å². The molecule has 2 aromatic rings. The maximum absolute atomic E-state index is 6.18. The van der Waals surface area contributed by atoms with E-state index in [0.717, 1.165) is 18.4 Å². The molecule has 2 rings (SSSR count). The van der Waals surface area contributed by atoms with Gasteiger partial charge in [-0.1, -0.05) is 35.3 Å². The lowest BCUT2D eigenvalue weighted by molar-refractivity contribution is 0.282. The summed E-state index contributed by atoms with van der Waals surface area (Å²) in [5, 5.41) is 4.87. The van der Waals surface area contributed by atoms with E-state index in [1.54, 1.807) is 12.1 Å². The lowest BCUT2D eigenvalue weighted by Crippen LogP contribution is -2.06. The summed E-state index contributed by atoms with van der Waals surface area (Å²) < 4.78 is 10.8. The van der Waals surface area contributed by atoms with Crippen molar-refractivity contribution in [3.05, 3.63) is 39.5 Å². The van der Waals surface area contributed by atoms with Crippen LogP contribution in [-0.2, 0) is 19.4 Å². The normalized spacial score (nSPS) is 10.9. The maximum Gasteiger partial charge on any atom is 0.226 e. The Morgan fingerprint density at radius 1 is 1.29 bits per heavy atom. The zero-order valence-electron chi connectivity index (χ0n) is 11.7. The van der Waals surface area contributed by atoms with E-state index in [4.69, 9.17) is 38.2 Å². The number of rotatable bonds is 7. The Morgan fingerprint density at radius 3 is 2.81 bits per heavy atom. The van der Waals surface area contributed by atoms with Crippen LogP contribution in [-0.4, -0.2) is 16.7 Å². The fourth-order valence-electron chi connectivity index (χ4n) is 1.92. The Labute approximate surface area is 133 Å². The van der Waals surface area contributed by atoms with Crippen molar-refractivity contribution in [2.45, 2.75) is 32.8 Å². The molecule has 5 nitrogen and oxygen atoms in total. The van der Waals surface area contributed by atoms with Crippen molar-refractivity contribution < 1.29 is 9.26 Å². The average Bonchev–Trinajstić information content (AvgIpc) is 2.86. The van der Waals surface area contributed by atoms with Crippen LogP contribution in [0.5, 0.6) is 5.75 Å². The highest BCUT2D eigenvalue weighted by Gasteiger charge is 2.13. The first-order valence-corrected chi connectivity index (χ1v) is 7.51. The second kappa shape index (κ2) is 7.64. The van der Waals surface area contributed by atoms with E-state index in [9.17, 15) is 0 Å². The first-order chi connectivity index (χ1) is 10.1. The number of nitrogens with two attached hydrogens (primary N) is 1. The summed E-state index contributed by atoms with van der Waals surface area (Å²) in [4.78, 5) is 4.24. The van der Waals surface area contributed by atoms with E-state index in [1.165, 1.54) is 0 Å². The zero-order valence-corrected chi connectivity index (χ0v) is 13.2. The van der Waals surface area contributed by atoms with Gasteiger partial charge in [0.1, 0.15) is 5.75 Å². The third-order valence-corrected chi connectivity index (χ3v) is 3.32. The molecule has 0 fully saturated rings. The number of aromatic nitrogens is 2. The Morgan fingerprint density at radius 2 is 2.10 bits per heavy atom. The summed E-state index contributed by atoms with van der Waals surface area (Å²) >= 11 is 12.2. The molecule has 1 aromatic heterocycles. The number of hydrogen-bond acceptors (Lipinski definition) is 5. The predicted octanol–water partition coefficient (Wildman–Crippen LogP) is 3.41. The Kier molecular flexibility index (Phi) is 5.85. The SMILES string of the molecule is CCCc1nc(COc2c(Cl)cc(Cl)cc2CCN)no1. The number of aryl methyl sites for hydroxylation is 1. The molecule has 0 bridgehead atoms. The van der Waals surface area contributed by atoms with Gasteiger partial charge in [-0.15, -0.1) is 0 Å². The van der Waals surface area contributed by atoms with E-state index in [-0.39, 0.29) is 6.61 Å². The average molecular weight is 330 g/mol. The van der Waals surface area contributed by atoms with Crippen LogP contribution in [0.15, 0.2) is 16.7 Å². The summed E-state index contributed by atoms with van der Waals surface area (Å²) in [6, 6.07) is 3.44. The third-order valence-electron chi connectivity index (χ3n) is 2.82. The van der Waals surface area contributed by atoms with Gasteiger partial charge >= 0.3 is 0 Å². The van der Waals surface area contributed by atoms with E-state index in [2.05, 4.69) is 10.1 Å². The van der Waals surface area contributed by atoms with Crippen molar-refractivity contribution in [2.75, 3.05) is 6.54 Å². The van der Waals surface area contributed by atoms with Crippen LogP contribution < -0.4 is 10.5 Å². The Balaban J connectivity index is 2.11. The number of halogens is 2. The molecule has 0 aliphatic heterocycles. The molecule has 0 aliphatic rings. The molecule has 0 atom stereocenters. The minimum Gasteiger partial charge on any atom is -0.484 e. The number of benzene rings is 1. The number of ether oxygens (including phenoxy) is 1. The molecule has 0 unspecified atom stereocenters. The first kappa shape index (κ1) is 16.1. The van der Waals surface area contributed by atoms with Gasteiger partial charge in [0.05, 0.1) is 5.02 Å². The summed E-state index contributed by atoms with van der Waals surface area (Å²) in [5.41, 5.74) is 6.46. The van der Waals surface area contributed by atoms with Crippen molar-refractivity contribution in [3.8, 4) is 5.75 Å². The smallest absolute Gasteiger partial charge is 0.226 e. The van der Waals surface area contributed by atoms with Gasteiger partial charge in [0.15, 0.2) is 6.61 Å². The summed E-state index contributed by atoms with van der Waals surface area (Å²) in [6.45, 7) is 2.72. The third kappa shape index (κ3) is 4.33. The number of nitrogens with zero attached hydrogens (tertiary/aromatic N) is 2. The molecule has 0 radical (unpaired) electrons. The first-order valence-electron chi connectivity index (χ1n) is 6.76. The Bertz CT molecular complexity index is 602. The van der Waals surface area contributed by atoms with Crippen molar-refractivity contribution in [1.29, 1.82) is 0 Å². The van der Waals surface area contributed by atoms with E-state index in [0.29, 0.717) is 40.5 Å². The minimum absolute atomic E-state index is 0.187. The highest BCUT2D eigenvalue weighted by atomic mass is 35.5. The van der Waals surface area contributed by atoms with Crippen LogP contribution in [0.2, 0.25) is 10.0 Å². The maximum atomic E-state index is 6.18. The van der Waals surface area contributed by atoms with Gasteiger partial charge in [0.25, 0.3) is 0 Å². The van der Waals surface area contributed by atoms with Gasteiger partial charge in [-0.3, -0.25) is 0 Å². The minimum atomic E-state index is 0.187. The van der Waals surface area contributed by atoms with Crippen molar-refractivity contribution in [1.82, 2.24) is 10.1 Å². The largest absolute Gasteiger partial charge is 0.484 e. The predicted molar refractivity (Wildman–Crippen MR) is 81.8 cm³/mol. The fraction of sp³-hybridized carbons (Fsp3) is 0.429. The van der Waals surface area contributed by atoms with Crippen LogP contribution in [0.1, 0.15) is 30.6 Å². The molecule has 1 aromatic carbocycles. The lowest BCUT2D eigenvalue weighted by Gasteiger charge is -2.12. The van der Waals surface area contributed by atoms with Crippen LogP contribution >= 0.6 is 23.2 Å². The molecule has 0 aliphatic carbocycles. The van der Waals surface area contributed by atoms with Gasteiger partial charge < -0.3 is 15.0 Å². The quantitative estimate of drug-likeness (QED) is 0.842. The second-order valence-electron chi connectivity index (χ2n) is 4.56. The molecule has 1 heterocycles. The number of hydrogen-bond donors (Lipinski definition) is 1. The van der Waals surface area contributed by atoms with E-state index in [1.807, 2.05) is 6.92 Å². The van der Waals surface area contributed by atoms with Gasteiger partial charge in [-0.25, -0.2) is 0 Å². The summed E-state index contributed by atoms with van der Waals surface area (Å²) in [6.07, 6.45) is 2.34. The molecule has 0 amide bonds. The van der Waals surface area contributed by atoms with Crippen molar-refractivity contribution in [2.24, 2.45) is 5.73 Å². The topological polar surface area (TPSA) is 74.2 Å². The van der Waals surface area contributed by atoms with Gasteiger partial charge in [-0.2, -0.15) is 4.98 Å². The Hall–Kier alpha value is -1.30. The standard InChI is InChI=1S/C14H17Cl2N3O2/c1-2-3-13-18-12(19-21-13)8-20-14-9(4-5-17)6-10(15)7-11(14)16/h6-7H,2-5,8,17H2,1H3. The monoisotopic (exact) mass is 329 g/mol. The molecule has 114 valence electrons. The summed E-state index contributed by atoms with van der Waals surface area (Å²) in [5.74, 6) is 1.66.